The summed E-state index contributed by atoms with van der Waals surface area (Å²) < 4.78 is 5.38. The van der Waals surface area contributed by atoms with Gasteiger partial charge in [0.1, 0.15) is 5.82 Å². The highest BCUT2D eigenvalue weighted by Crippen LogP contribution is 2.34. The number of nitrogens with one attached hydrogen (secondary N) is 2. The van der Waals surface area contributed by atoms with Crippen molar-refractivity contribution >= 4 is 5.91 Å². The van der Waals surface area contributed by atoms with Crippen LogP contribution >= 0.6 is 0 Å². The molecule has 0 spiro atoms. The summed E-state index contributed by atoms with van der Waals surface area (Å²) in [5.41, 5.74) is 6.75. The molecule has 1 fully saturated rings. The second kappa shape index (κ2) is 10.3. The summed E-state index contributed by atoms with van der Waals surface area (Å²) in [5, 5.41) is 3.11. The highest BCUT2D eigenvalue weighted by Gasteiger charge is 2.23. The molecule has 7 heteroatoms. The Balaban J connectivity index is 1.44. The maximum atomic E-state index is 12.7. The maximum absolute atomic E-state index is 12.7. The average molecular weight is 496 g/mol. The van der Waals surface area contributed by atoms with Crippen LogP contribution in [0.3, 0.4) is 0 Å². The van der Waals surface area contributed by atoms with Gasteiger partial charge in [-0.3, -0.25) is 14.8 Å². The molecule has 7 nitrogen and oxygen atoms in total. The predicted molar refractivity (Wildman–Crippen MR) is 145 cm³/mol. The molecule has 0 unspecified atom stereocenters. The Hall–Kier alpha value is -3.84. The van der Waals surface area contributed by atoms with Gasteiger partial charge in [-0.2, -0.15) is 0 Å². The number of nitrogens with zero attached hydrogens (tertiary/aromatic N) is 3. The van der Waals surface area contributed by atoms with E-state index in [1.54, 1.807) is 6.20 Å². The van der Waals surface area contributed by atoms with Crippen LogP contribution in [0.5, 0.6) is 0 Å². The topological polar surface area (TPSA) is 92.8 Å². The number of ether oxygens (including phenoxy) is 1. The average Bonchev–Trinajstić information content (AvgIpc) is 3.36. The summed E-state index contributed by atoms with van der Waals surface area (Å²) >= 11 is 0. The van der Waals surface area contributed by atoms with Gasteiger partial charge in [0.25, 0.3) is 5.91 Å². The Labute approximate surface area is 217 Å². The standard InChI is InChI=1S/C30H33N5O2/c1-19-6-5-7-24(32-19)27-26(34-29(35-27)30(2,3)4)22-12-15-31-25(18-22)20-8-10-21(11-9-20)28(36)33-23-13-16-37-17-14-23/h5-12,15,18,23H,13-14,16-17H2,1-4H3,(H,33,36)(H,34,35). The minimum Gasteiger partial charge on any atom is -0.381 e. The molecule has 37 heavy (non-hydrogen) atoms. The van der Waals surface area contributed by atoms with Gasteiger partial charge >= 0.3 is 0 Å². The molecule has 4 heterocycles. The molecule has 3 aromatic heterocycles. The van der Waals surface area contributed by atoms with E-state index in [0.29, 0.717) is 18.8 Å². The lowest BCUT2D eigenvalue weighted by Gasteiger charge is -2.23. The van der Waals surface area contributed by atoms with Crippen LogP contribution in [0.25, 0.3) is 33.9 Å². The molecule has 1 amide bonds. The van der Waals surface area contributed by atoms with E-state index in [4.69, 9.17) is 14.7 Å². The molecule has 0 saturated carbocycles. The van der Waals surface area contributed by atoms with Crippen LogP contribution in [0, 0.1) is 6.92 Å². The summed E-state index contributed by atoms with van der Waals surface area (Å²) in [7, 11) is 0. The summed E-state index contributed by atoms with van der Waals surface area (Å²) in [4.78, 5) is 30.6. The Bertz CT molecular complexity index is 1400. The second-order valence-corrected chi connectivity index (χ2v) is 10.6. The van der Waals surface area contributed by atoms with E-state index in [1.165, 1.54) is 0 Å². The number of rotatable bonds is 5. The zero-order valence-electron chi connectivity index (χ0n) is 21.8. The van der Waals surface area contributed by atoms with E-state index in [9.17, 15) is 4.79 Å². The van der Waals surface area contributed by atoms with Crippen molar-refractivity contribution in [1.82, 2.24) is 25.3 Å². The number of hydrogen-bond acceptors (Lipinski definition) is 5. The van der Waals surface area contributed by atoms with Gasteiger partial charge in [-0.15, -0.1) is 0 Å². The van der Waals surface area contributed by atoms with Crippen molar-refractivity contribution in [2.75, 3.05) is 13.2 Å². The highest BCUT2D eigenvalue weighted by molar-refractivity contribution is 5.95. The minimum atomic E-state index is -0.145. The zero-order valence-corrected chi connectivity index (χ0v) is 21.8. The number of imidazole rings is 1. The van der Waals surface area contributed by atoms with Crippen LogP contribution in [-0.2, 0) is 10.2 Å². The second-order valence-electron chi connectivity index (χ2n) is 10.6. The Morgan fingerprint density at radius 3 is 2.43 bits per heavy atom. The van der Waals surface area contributed by atoms with E-state index in [0.717, 1.165) is 58.3 Å². The Morgan fingerprint density at radius 1 is 0.973 bits per heavy atom. The molecular formula is C30H33N5O2. The molecule has 190 valence electrons. The lowest BCUT2D eigenvalue weighted by molar-refractivity contribution is 0.0696. The number of aromatic nitrogens is 4. The first kappa shape index (κ1) is 24.8. The first-order chi connectivity index (χ1) is 17.8. The molecule has 0 aliphatic carbocycles. The molecule has 4 aromatic rings. The number of aryl methyl sites for hydroxylation is 1. The third-order valence-corrected chi connectivity index (χ3v) is 6.59. The molecule has 1 saturated heterocycles. The minimum absolute atomic E-state index is 0.0540. The maximum Gasteiger partial charge on any atom is 0.251 e. The van der Waals surface area contributed by atoms with Crippen molar-refractivity contribution < 1.29 is 9.53 Å². The lowest BCUT2D eigenvalue weighted by Crippen LogP contribution is -2.38. The molecule has 0 bridgehead atoms. The summed E-state index contributed by atoms with van der Waals surface area (Å²) in [6.07, 6.45) is 3.50. The number of carbonyl (C=O) groups excluding carboxylic acids is 1. The summed E-state index contributed by atoms with van der Waals surface area (Å²) in [6, 6.07) is 17.8. The number of pyridine rings is 2. The monoisotopic (exact) mass is 495 g/mol. The fourth-order valence-electron chi connectivity index (χ4n) is 4.44. The van der Waals surface area contributed by atoms with Gasteiger partial charge in [-0.05, 0) is 56.2 Å². The van der Waals surface area contributed by atoms with Gasteiger partial charge in [-0.25, -0.2) is 4.98 Å². The van der Waals surface area contributed by atoms with Gasteiger partial charge in [-0.1, -0.05) is 39.0 Å². The largest absolute Gasteiger partial charge is 0.381 e. The van der Waals surface area contributed by atoms with E-state index in [-0.39, 0.29) is 17.4 Å². The van der Waals surface area contributed by atoms with Gasteiger partial charge < -0.3 is 15.0 Å². The third-order valence-electron chi connectivity index (χ3n) is 6.59. The molecule has 5 rings (SSSR count). The molecule has 0 radical (unpaired) electrons. The number of carbonyl (C=O) groups is 1. The number of amides is 1. The van der Waals surface area contributed by atoms with Crippen LogP contribution in [0.15, 0.2) is 60.8 Å². The zero-order chi connectivity index (χ0) is 26.0. The molecule has 2 N–H and O–H groups in total. The van der Waals surface area contributed by atoms with Gasteiger partial charge in [0.15, 0.2) is 0 Å². The molecule has 1 aromatic carbocycles. The normalized spacial score (nSPS) is 14.5. The van der Waals surface area contributed by atoms with Crippen molar-refractivity contribution in [3.8, 4) is 33.9 Å². The van der Waals surface area contributed by atoms with Crippen molar-refractivity contribution in [2.45, 2.75) is 52.0 Å². The number of H-pyrrole nitrogens is 1. The third kappa shape index (κ3) is 5.62. The van der Waals surface area contributed by atoms with Gasteiger partial charge in [0.2, 0.25) is 0 Å². The van der Waals surface area contributed by atoms with Crippen molar-refractivity contribution in [1.29, 1.82) is 0 Å². The van der Waals surface area contributed by atoms with E-state index >= 15 is 0 Å². The van der Waals surface area contributed by atoms with E-state index < -0.39 is 0 Å². The van der Waals surface area contributed by atoms with Crippen LogP contribution in [0.4, 0.5) is 0 Å². The number of aromatic amines is 1. The van der Waals surface area contributed by atoms with Crippen LogP contribution in [0.2, 0.25) is 0 Å². The Morgan fingerprint density at radius 2 is 1.73 bits per heavy atom. The molecule has 1 aliphatic rings. The Kier molecular flexibility index (Phi) is 6.89. The fourth-order valence-corrected chi connectivity index (χ4v) is 4.44. The SMILES string of the molecule is Cc1cccc(-c2[nH]c(C(C)(C)C)nc2-c2ccnc(-c3ccc(C(=O)NC4CCOCC4)cc3)c2)n1. The molecular weight excluding hydrogens is 462 g/mol. The number of benzene rings is 1. The van der Waals surface area contributed by atoms with Crippen molar-refractivity contribution in [3.63, 3.8) is 0 Å². The highest BCUT2D eigenvalue weighted by atomic mass is 16.5. The van der Waals surface area contributed by atoms with E-state index in [2.05, 4.69) is 36.1 Å². The fraction of sp³-hybridized carbons (Fsp3) is 0.333. The van der Waals surface area contributed by atoms with E-state index in [1.807, 2.05) is 61.5 Å². The predicted octanol–water partition coefficient (Wildman–Crippen LogP) is 5.72. The van der Waals surface area contributed by atoms with Crippen LogP contribution in [-0.4, -0.2) is 45.1 Å². The molecule has 1 aliphatic heterocycles. The summed E-state index contributed by atoms with van der Waals surface area (Å²) in [5.74, 6) is 0.848. The van der Waals surface area contributed by atoms with Crippen LogP contribution in [0.1, 0.15) is 55.5 Å². The molecule has 0 atom stereocenters. The summed E-state index contributed by atoms with van der Waals surface area (Å²) in [6.45, 7) is 9.80. The first-order valence-corrected chi connectivity index (χ1v) is 12.8. The van der Waals surface area contributed by atoms with Gasteiger partial charge in [0.05, 0.1) is 22.8 Å². The number of hydrogen-bond donors (Lipinski definition) is 2. The van der Waals surface area contributed by atoms with Crippen molar-refractivity contribution in [2.24, 2.45) is 0 Å². The van der Waals surface area contributed by atoms with Gasteiger partial charge in [0, 0.05) is 53.3 Å². The van der Waals surface area contributed by atoms with Crippen LogP contribution < -0.4 is 5.32 Å². The lowest BCUT2D eigenvalue weighted by atomic mass is 9.96. The smallest absolute Gasteiger partial charge is 0.251 e. The first-order valence-electron chi connectivity index (χ1n) is 12.8. The quantitative estimate of drug-likeness (QED) is 0.370. The van der Waals surface area contributed by atoms with Crippen molar-refractivity contribution in [3.05, 3.63) is 77.9 Å².